The molecule has 6 rings (SSSR count). The Labute approximate surface area is 245 Å². The van der Waals surface area contributed by atoms with Crippen molar-refractivity contribution < 1.29 is 23.1 Å². The maximum Gasteiger partial charge on any atom is 0.254 e. The van der Waals surface area contributed by atoms with Gasteiger partial charge in [-0.1, -0.05) is 43.7 Å². The molecule has 9 nitrogen and oxygen atoms in total. The summed E-state index contributed by atoms with van der Waals surface area (Å²) in [6.07, 6.45) is 2.67. The number of carbonyl (C=O) groups is 1. The Kier molecular flexibility index (Phi) is 7.61. The van der Waals surface area contributed by atoms with E-state index in [-0.39, 0.29) is 28.8 Å². The lowest BCUT2D eigenvalue weighted by atomic mass is 10.0. The van der Waals surface area contributed by atoms with Crippen molar-refractivity contribution in [2.75, 3.05) is 26.7 Å². The minimum absolute atomic E-state index is 0.0171. The van der Waals surface area contributed by atoms with Gasteiger partial charge in [0.25, 0.3) is 5.91 Å². The van der Waals surface area contributed by atoms with Crippen molar-refractivity contribution in [2.45, 2.75) is 43.2 Å². The number of aromatic nitrogens is 1. The Morgan fingerprint density at radius 3 is 2.52 bits per heavy atom. The number of benzene rings is 3. The molecule has 10 heteroatoms. The van der Waals surface area contributed by atoms with E-state index in [0.29, 0.717) is 53.1 Å². The average Bonchev–Trinajstić information content (AvgIpc) is 3.73. The normalized spacial score (nSPS) is 18.8. The summed E-state index contributed by atoms with van der Waals surface area (Å²) in [5.74, 6) is -0.129. The van der Waals surface area contributed by atoms with Crippen LogP contribution < -0.4 is 0 Å². The molecule has 4 aromatic rings. The lowest BCUT2D eigenvalue weighted by Crippen LogP contribution is -2.41. The summed E-state index contributed by atoms with van der Waals surface area (Å²) in [7, 11) is -2.15. The molecule has 2 aliphatic rings. The number of hydrogen-bond donors (Lipinski definition) is 2. The molecule has 1 amide bonds. The zero-order valence-electron chi connectivity index (χ0n) is 23.7. The summed E-state index contributed by atoms with van der Waals surface area (Å²) >= 11 is 0. The first kappa shape index (κ1) is 28.1. The second-order valence-electron chi connectivity index (χ2n) is 10.9. The van der Waals surface area contributed by atoms with Gasteiger partial charge in [-0.3, -0.25) is 4.79 Å². The van der Waals surface area contributed by atoms with Gasteiger partial charge in [0, 0.05) is 42.2 Å². The molecule has 1 aromatic heterocycles. The van der Waals surface area contributed by atoms with E-state index in [4.69, 9.17) is 9.73 Å². The lowest BCUT2D eigenvalue weighted by Gasteiger charge is -2.26. The van der Waals surface area contributed by atoms with Crippen LogP contribution in [0.4, 0.5) is 5.69 Å². The van der Waals surface area contributed by atoms with E-state index in [9.17, 15) is 18.3 Å². The number of carbonyl (C=O) groups excluding carboxylic acids is 1. The Balaban J connectivity index is 1.39. The molecule has 2 unspecified atom stereocenters. The highest BCUT2D eigenvalue weighted by Crippen LogP contribution is 2.34. The third-order valence-corrected chi connectivity index (χ3v) is 9.94. The molecule has 3 heterocycles. The van der Waals surface area contributed by atoms with Gasteiger partial charge >= 0.3 is 0 Å². The summed E-state index contributed by atoms with van der Waals surface area (Å²) in [6, 6.07) is 21.5. The third-order valence-electron chi connectivity index (χ3n) is 8.09. The standard InChI is InChI=1S/C32H34N4O5S/c1-3-4-16-35(2)42(39,40)26-14-15-28-27(18-26)29(31(37)34-28)30(21-8-6-5-7-9-21)33-23-12-10-22(11-13-23)32(38)36-19-25-17-24(36)20-41-25/h5-15,18,24-25,34,37H,3-4,16-17,19-20H2,1-2H3. The molecule has 0 spiro atoms. The number of amides is 1. The number of sulfonamides is 1. The largest absolute Gasteiger partial charge is 0.494 e. The summed E-state index contributed by atoms with van der Waals surface area (Å²) < 4.78 is 33.7. The van der Waals surface area contributed by atoms with Crippen molar-refractivity contribution in [1.29, 1.82) is 0 Å². The fraction of sp³-hybridized carbons (Fsp3) is 0.312. The molecule has 2 fully saturated rings. The second-order valence-corrected chi connectivity index (χ2v) is 13.0. The van der Waals surface area contributed by atoms with Crippen LogP contribution in [0.1, 0.15) is 47.7 Å². The Bertz CT molecular complexity index is 1750. The SMILES string of the molecule is CCCCN(C)S(=O)(=O)c1ccc2[nH]c(O)c(C(=Nc3ccc(C(=O)N4CC5CC4CO5)cc3)c3ccccc3)c2c1. The molecule has 2 bridgehead atoms. The molecular weight excluding hydrogens is 552 g/mol. The van der Waals surface area contributed by atoms with Crippen LogP contribution in [0.2, 0.25) is 0 Å². The number of hydrogen-bond acceptors (Lipinski definition) is 6. The smallest absolute Gasteiger partial charge is 0.254 e. The van der Waals surface area contributed by atoms with Crippen LogP contribution in [0.25, 0.3) is 10.9 Å². The number of unbranched alkanes of at least 4 members (excludes halogenated alkanes) is 1. The highest BCUT2D eigenvalue weighted by atomic mass is 32.2. The predicted molar refractivity (Wildman–Crippen MR) is 162 cm³/mol. The van der Waals surface area contributed by atoms with E-state index >= 15 is 0 Å². The highest BCUT2D eigenvalue weighted by Gasteiger charge is 2.41. The topological polar surface area (TPSA) is 115 Å². The van der Waals surface area contributed by atoms with Gasteiger partial charge in [0.05, 0.1) is 40.6 Å². The number of morpholine rings is 1. The van der Waals surface area contributed by atoms with Crippen molar-refractivity contribution in [3.8, 4) is 5.88 Å². The van der Waals surface area contributed by atoms with Crippen LogP contribution in [-0.4, -0.2) is 78.2 Å². The van der Waals surface area contributed by atoms with E-state index in [1.807, 2.05) is 42.2 Å². The number of aromatic hydroxyl groups is 1. The summed E-state index contributed by atoms with van der Waals surface area (Å²) in [5.41, 5.74) is 3.38. The van der Waals surface area contributed by atoms with Crippen LogP contribution in [0.5, 0.6) is 5.88 Å². The Morgan fingerprint density at radius 2 is 1.86 bits per heavy atom. The zero-order valence-corrected chi connectivity index (χ0v) is 24.5. The van der Waals surface area contributed by atoms with Crippen molar-refractivity contribution in [1.82, 2.24) is 14.2 Å². The molecule has 0 aliphatic carbocycles. The van der Waals surface area contributed by atoms with Gasteiger partial charge in [-0.2, -0.15) is 0 Å². The van der Waals surface area contributed by atoms with Gasteiger partial charge in [0.15, 0.2) is 5.88 Å². The van der Waals surface area contributed by atoms with Gasteiger partial charge in [0.1, 0.15) is 0 Å². The summed E-state index contributed by atoms with van der Waals surface area (Å²) in [6.45, 7) is 3.65. The molecule has 2 aliphatic heterocycles. The molecule has 3 aromatic carbocycles. The number of ether oxygens (including phenoxy) is 1. The van der Waals surface area contributed by atoms with Crippen molar-refractivity contribution in [3.63, 3.8) is 0 Å². The van der Waals surface area contributed by atoms with Gasteiger partial charge < -0.3 is 19.7 Å². The monoisotopic (exact) mass is 586 g/mol. The van der Waals surface area contributed by atoms with Crippen molar-refractivity contribution in [3.05, 3.63) is 89.5 Å². The van der Waals surface area contributed by atoms with Crippen molar-refractivity contribution in [2.24, 2.45) is 4.99 Å². The molecule has 0 radical (unpaired) electrons. The first-order valence-corrected chi connectivity index (χ1v) is 15.7. The number of nitrogens with zero attached hydrogens (tertiary/aromatic N) is 3. The van der Waals surface area contributed by atoms with Crippen LogP contribution in [0, 0.1) is 0 Å². The number of fused-ring (bicyclic) bond motifs is 3. The Morgan fingerprint density at radius 1 is 1.10 bits per heavy atom. The maximum atomic E-state index is 13.3. The van der Waals surface area contributed by atoms with Gasteiger partial charge in [-0.15, -0.1) is 0 Å². The van der Waals surface area contributed by atoms with Crippen molar-refractivity contribution >= 4 is 38.2 Å². The molecule has 0 saturated carbocycles. The molecule has 218 valence electrons. The molecule has 2 N–H and O–H groups in total. The molecule has 2 saturated heterocycles. The minimum Gasteiger partial charge on any atom is -0.494 e. The maximum absolute atomic E-state index is 13.3. The quantitative estimate of drug-likeness (QED) is 0.266. The number of aromatic amines is 1. The van der Waals surface area contributed by atoms with Crippen LogP contribution >= 0.6 is 0 Å². The highest BCUT2D eigenvalue weighted by molar-refractivity contribution is 7.89. The molecule has 2 atom stereocenters. The van der Waals surface area contributed by atoms with E-state index < -0.39 is 10.0 Å². The molecular formula is C32H34N4O5S. The molecule has 42 heavy (non-hydrogen) atoms. The number of nitrogens with one attached hydrogen (secondary N) is 1. The average molecular weight is 587 g/mol. The lowest BCUT2D eigenvalue weighted by molar-refractivity contribution is 0.0259. The third kappa shape index (κ3) is 5.21. The number of rotatable bonds is 9. The second kappa shape index (κ2) is 11.4. The number of H-pyrrole nitrogens is 1. The van der Waals surface area contributed by atoms with Gasteiger partial charge in [-0.25, -0.2) is 17.7 Å². The van der Waals surface area contributed by atoms with Gasteiger partial charge in [0.2, 0.25) is 10.0 Å². The van der Waals surface area contributed by atoms with E-state index in [1.165, 1.54) is 4.31 Å². The van der Waals surface area contributed by atoms with E-state index in [2.05, 4.69) is 4.98 Å². The first-order valence-electron chi connectivity index (χ1n) is 14.2. The van der Waals surface area contributed by atoms with E-state index in [0.717, 1.165) is 24.8 Å². The first-order chi connectivity index (χ1) is 20.3. The van der Waals surface area contributed by atoms with Crippen LogP contribution in [-0.2, 0) is 14.8 Å². The summed E-state index contributed by atoms with van der Waals surface area (Å²) in [4.78, 5) is 23.1. The minimum atomic E-state index is -3.73. The number of likely N-dealkylation sites (tertiary alicyclic amines) is 1. The zero-order chi connectivity index (χ0) is 29.4. The van der Waals surface area contributed by atoms with Crippen LogP contribution in [0.3, 0.4) is 0 Å². The van der Waals surface area contributed by atoms with Crippen LogP contribution in [0.15, 0.2) is 82.7 Å². The fourth-order valence-electron chi connectivity index (χ4n) is 5.72. The van der Waals surface area contributed by atoms with Gasteiger partial charge in [-0.05, 0) is 55.3 Å². The van der Waals surface area contributed by atoms with E-state index in [1.54, 1.807) is 49.5 Å². The number of aliphatic imine (C=N–C) groups is 1. The summed E-state index contributed by atoms with van der Waals surface area (Å²) in [5, 5.41) is 11.6. The predicted octanol–water partition coefficient (Wildman–Crippen LogP) is 5.08. The Hall–Kier alpha value is -3.99. The fourth-order valence-corrected chi connectivity index (χ4v) is 6.96.